The SMILES string of the molecule is Nc1nn2cc3c(nc2c1C(=O)Nc1cnccc1-c1ccccc1)CCNC3. The first-order chi connectivity index (χ1) is 14.2. The average molecular weight is 385 g/mol. The molecule has 0 unspecified atom stereocenters. The van der Waals surface area contributed by atoms with Crippen LogP contribution < -0.4 is 16.4 Å². The number of fused-ring (bicyclic) bond motifs is 2. The molecule has 0 aliphatic carbocycles. The lowest BCUT2D eigenvalue weighted by molar-refractivity contribution is 0.102. The molecule has 4 heterocycles. The Kier molecular flexibility index (Phi) is 4.18. The van der Waals surface area contributed by atoms with E-state index in [0.717, 1.165) is 41.9 Å². The lowest BCUT2D eigenvalue weighted by Crippen LogP contribution is -2.25. The van der Waals surface area contributed by atoms with Gasteiger partial charge < -0.3 is 16.4 Å². The lowest BCUT2D eigenvalue weighted by Gasteiger charge is -2.16. The molecule has 0 saturated heterocycles. The molecule has 0 bridgehead atoms. The standard InChI is InChI=1S/C21H19N7O/c22-19-18(20-25-16-7-9-23-10-14(16)12-28(20)27-19)21(29)26-17-11-24-8-6-15(17)13-4-2-1-3-5-13/h1-6,8,11-12,23H,7,9-10H2,(H2,22,27)(H,26,29). The van der Waals surface area contributed by atoms with E-state index >= 15 is 0 Å². The minimum Gasteiger partial charge on any atom is -0.381 e. The van der Waals surface area contributed by atoms with Crippen LogP contribution in [0.4, 0.5) is 11.5 Å². The highest BCUT2D eigenvalue weighted by molar-refractivity contribution is 6.12. The number of nitrogen functional groups attached to an aromatic ring is 1. The number of benzene rings is 1. The second-order valence-corrected chi connectivity index (χ2v) is 6.91. The van der Waals surface area contributed by atoms with Crippen molar-refractivity contribution >= 4 is 23.1 Å². The molecular weight excluding hydrogens is 366 g/mol. The van der Waals surface area contributed by atoms with E-state index in [1.165, 1.54) is 0 Å². The van der Waals surface area contributed by atoms with Crippen molar-refractivity contribution in [3.8, 4) is 11.1 Å². The van der Waals surface area contributed by atoms with Crippen LogP contribution in [0.3, 0.4) is 0 Å². The molecule has 0 atom stereocenters. The van der Waals surface area contributed by atoms with Gasteiger partial charge >= 0.3 is 0 Å². The van der Waals surface area contributed by atoms with E-state index in [1.807, 2.05) is 42.6 Å². The first kappa shape index (κ1) is 17.3. The maximum absolute atomic E-state index is 13.1. The maximum atomic E-state index is 13.1. The molecule has 8 nitrogen and oxygen atoms in total. The van der Waals surface area contributed by atoms with Crippen molar-refractivity contribution in [2.24, 2.45) is 0 Å². The molecule has 0 radical (unpaired) electrons. The van der Waals surface area contributed by atoms with Crippen molar-refractivity contribution in [3.63, 3.8) is 0 Å². The molecule has 3 aromatic heterocycles. The fourth-order valence-electron chi connectivity index (χ4n) is 3.62. The van der Waals surface area contributed by atoms with Crippen molar-refractivity contribution in [1.29, 1.82) is 0 Å². The number of pyridine rings is 1. The number of carbonyl (C=O) groups excluding carboxylic acids is 1. The number of nitrogens with one attached hydrogen (secondary N) is 2. The highest BCUT2D eigenvalue weighted by Gasteiger charge is 2.23. The Morgan fingerprint density at radius 3 is 2.93 bits per heavy atom. The van der Waals surface area contributed by atoms with Gasteiger partial charge in [0, 0.05) is 43.0 Å². The van der Waals surface area contributed by atoms with Crippen molar-refractivity contribution in [2.45, 2.75) is 13.0 Å². The van der Waals surface area contributed by atoms with Crippen molar-refractivity contribution < 1.29 is 4.79 Å². The number of nitrogens with zero attached hydrogens (tertiary/aromatic N) is 4. The zero-order chi connectivity index (χ0) is 19.8. The number of hydrogen-bond donors (Lipinski definition) is 3. The largest absolute Gasteiger partial charge is 0.381 e. The molecule has 8 heteroatoms. The fraction of sp³-hybridized carbons (Fsp3) is 0.143. The number of hydrogen-bond acceptors (Lipinski definition) is 6. The summed E-state index contributed by atoms with van der Waals surface area (Å²) >= 11 is 0. The van der Waals surface area contributed by atoms with Gasteiger partial charge in [-0.15, -0.1) is 5.10 Å². The fourth-order valence-corrected chi connectivity index (χ4v) is 3.62. The number of amides is 1. The lowest BCUT2D eigenvalue weighted by atomic mass is 10.1. The predicted molar refractivity (Wildman–Crippen MR) is 110 cm³/mol. The third-order valence-corrected chi connectivity index (χ3v) is 5.04. The van der Waals surface area contributed by atoms with Crippen LogP contribution in [0.15, 0.2) is 55.0 Å². The minimum atomic E-state index is -0.357. The molecule has 29 heavy (non-hydrogen) atoms. The molecule has 1 aromatic carbocycles. The average Bonchev–Trinajstić information content (AvgIpc) is 3.07. The molecule has 1 aliphatic rings. The van der Waals surface area contributed by atoms with Crippen LogP contribution in [0.25, 0.3) is 16.8 Å². The monoisotopic (exact) mass is 385 g/mol. The van der Waals surface area contributed by atoms with Crippen LogP contribution in [-0.4, -0.2) is 32.0 Å². The van der Waals surface area contributed by atoms with Crippen molar-refractivity contribution in [1.82, 2.24) is 24.9 Å². The molecule has 0 fully saturated rings. The van der Waals surface area contributed by atoms with Gasteiger partial charge in [-0.3, -0.25) is 9.78 Å². The topological polar surface area (TPSA) is 110 Å². The first-order valence-corrected chi connectivity index (χ1v) is 9.39. The van der Waals surface area contributed by atoms with Gasteiger partial charge in [0.1, 0.15) is 5.56 Å². The zero-order valence-corrected chi connectivity index (χ0v) is 15.6. The van der Waals surface area contributed by atoms with E-state index in [-0.39, 0.29) is 17.3 Å². The third-order valence-electron chi connectivity index (χ3n) is 5.04. The van der Waals surface area contributed by atoms with Crippen LogP contribution in [-0.2, 0) is 13.0 Å². The van der Waals surface area contributed by atoms with Gasteiger partial charge in [-0.25, -0.2) is 9.50 Å². The molecule has 1 aliphatic heterocycles. The number of aromatic nitrogens is 4. The number of rotatable bonds is 3. The highest BCUT2D eigenvalue weighted by atomic mass is 16.1. The molecule has 4 N–H and O–H groups in total. The summed E-state index contributed by atoms with van der Waals surface area (Å²) in [7, 11) is 0. The van der Waals surface area contributed by atoms with Crippen molar-refractivity contribution in [2.75, 3.05) is 17.6 Å². The summed E-state index contributed by atoms with van der Waals surface area (Å²) in [6.07, 6.45) is 6.02. The first-order valence-electron chi connectivity index (χ1n) is 9.39. The zero-order valence-electron chi connectivity index (χ0n) is 15.6. The summed E-state index contributed by atoms with van der Waals surface area (Å²) in [5, 5.41) is 10.5. The molecule has 0 saturated carbocycles. The molecule has 144 valence electrons. The van der Waals surface area contributed by atoms with Crippen LogP contribution in [0, 0.1) is 0 Å². The summed E-state index contributed by atoms with van der Waals surface area (Å²) in [5.74, 6) is -0.209. The van der Waals surface area contributed by atoms with Crippen LogP contribution >= 0.6 is 0 Å². The van der Waals surface area contributed by atoms with Gasteiger partial charge in [-0.2, -0.15) is 0 Å². The Balaban J connectivity index is 1.54. The Morgan fingerprint density at radius 1 is 1.21 bits per heavy atom. The Bertz CT molecular complexity index is 1220. The smallest absolute Gasteiger partial charge is 0.263 e. The predicted octanol–water partition coefficient (Wildman–Crippen LogP) is 2.27. The quantitative estimate of drug-likeness (QED) is 0.499. The number of nitrogens with two attached hydrogens (primary N) is 1. The van der Waals surface area contributed by atoms with E-state index in [0.29, 0.717) is 11.3 Å². The van der Waals surface area contributed by atoms with E-state index in [2.05, 4.69) is 25.7 Å². The Hall–Kier alpha value is -3.78. The van der Waals surface area contributed by atoms with E-state index < -0.39 is 0 Å². The molecule has 4 aromatic rings. The summed E-state index contributed by atoms with van der Waals surface area (Å²) in [5.41, 5.74) is 11.3. The third kappa shape index (κ3) is 3.09. The molecule has 5 rings (SSSR count). The van der Waals surface area contributed by atoms with Gasteiger partial charge in [-0.1, -0.05) is 30.3 Å². The van der Waals surface area contributed by atoms with E-state index in [9.17, 15) is 4.79 Å². The number of carbonyl (C=O) groups is 1. The second-order valence-electron chi connectivity index (χ2n) is 6.91. The Labute approximate surface area is 166 Å². The van der Waals surface area contributed by atoms with Crippen LogP contribution in [0.1, 0.15) is 21.6 Å². The van der Waals surface area contributed by atoms with Gasteiger partial charge in [0.25, 0.3) is 5.91 Å². The molecular formula is C21H19N7O. The molecule has 0 spiro atoms. The molecule has 1 amide bonds. The normalized spacial score (nSPS) is 13.2. The highest BCUT2D eigenvalue weighted by Crippen LogP contribution is 2.28. The summed E-state index contributed by atoms with van der Waals surface area (Å²) in [6.45, 7) is 1.59. The van der Waals surface area contributed by atoms with E-state index in [4.69, 9.17) is 5.73 Å². The van der Waals surface area contributed by atoms with Crippen molar-refractivity contribution in [3.05, 3.63) is 71.8 Å². The summed E-state index contributed by atoms with van der Waals surface area (Å²) in [4.78, 5) is 22.0. The summed E-state index contributed by atoms with van der Waals surface area (Å²) in [6, 6.07) is 11.7. The van der Waals surface area contributed by atoms with Crippen LogP contribution in [0.5, 0.6) is 0 Å². The number of anilines is 2. The minimum absolute atomic E-state index is 0.149. The van der Waals surface area contributed by atoms with Gasteiger partial charge in [0.2, 0.25) is 0 Å². The second kappa shape index (κ2) is 6.99. The van der Waals surface area contributed by atoms with Gasteiger partial charge in [0.15, 0.2) is 11.5 Å². The van der Waals surface area contributed by atoms with E-state index in [1.54, 1.807) is 16.9 Å². The Morgan fingerprint density at radius 2 is 2.07 bits per heavy atom. The van der Waals surface area contributed by atoms with Gasteiger partial charge in [-0.05, 0) is 11.6 Å². The summed E-state index contributed by atoms with van der Waals surface area (Å²) < 4.78 is 1.58. The van der Waals surface area contributed by atoms with Gasteiger partial charge in [0.05, 0.1) is 17.6 Å². The van der Waals surface area contributed by atoms with Crippen LogP contribution in [0.2, 0.25) is 0 Å². The maximum Gasteiger partial charge on any atom is 0.263 e.